The number of rotatable bonds is 5. The van der Waals surface area contributed by atoms with Gasteiger partial charge in [-0.05, 0) is 31.2 Å². The van der Waals surface area contributed by atoms with Gasteiger partial charge in [0.1, 0.15) is 11.6 Å². The molecule has 21 heavy (non-hydrogen) atoms. The number of hydrogen-bond acceptors (Lipinski definition) is 3. The predicted molar refractivity (Wildman–Crippen MR) is 81.9 cm³/mol. The molecular weight excluding hydrogens is 269 g/mol. The molecule has 1 unspecified atom stereocenters. The molecule has 1 atom stereocenters. The molecule has 0 bridgehead atoms. The number of nitrogens with one attached hydrogen (secondary N) is 1. The van der Waals surface area contributed by atoms with Gasteiger partial charge in [0, 0.05) is 19.1 Å². The number of anilines is 1. The highest BCUT2D eigenvalue weighted by atomic mass is 19.1. The third-order valence-corrected chi connectivity index (χ3v) is 3.96. The van der Waals surface area contributed by atoms with Gasteiger partial charge in [-0.3, -0.25) is 4.79 Å². The minimum Gasteiger partial charge on any atom is -0.369 e. The summed E-state index contributed by atoms with van der Waals surface area (Å²) in [5, 5.41) is 3.11. The maximum atomic E-state index is 13.5. The minimum atomic E-state index is -0.472. The van der Waals surface area contributed by atoms with Gasteiger partial charge in [-0.2, -0.15) is 0 Å². The van der Waals surface area contributed by atoms with Crippen LogP contribution in [-0.2, 0) is 0 Å². The van der Waals surface area contributed by atoms with Crippen LogP contribution in [0.4, 0.5) is 10.2 Å². The number of amides is 1. The first-order chi connectivity index (χ1) is 10.0. The standard InChI is InChI=1S/C16H24FN3O/c1-4-7-18-15-13(9-12(17)10-19-15)16(21)20-8-5-6-14(20)11(2)3/h9-11,14H,4-8H2,1-3H3,(H,18,19). The third kappa shape index (κ3) is 3.52. The van der Waals surface area contributed by atoms with Crippen molar-refractivity contribution in [3.8, 4) is 0 Å². The first kappa shape index (κ1) is 15.7. The van der Waals surface area contributed by atoms with Gasteiger partial charge >= 0.3 is 0 Å². The Morgan fingerprint density at radius 2 is 2.33 bits per heavy atom. The molecule has 2 rings (SSSR count). The summed E-state index contributed by atoms with van der Waals surface area (Å²) in [6.07, 6.45) is 4.10. The van der Waals surface area contributed by atoms with Crippen LogP contribution in [0.25, 0.3) is 0 Å². The van der Waals surface area contributed by atoms with Gasteiger partial charge in [0.05, 0.1) is 11.8 Å². The highest BCUT2D eigenvalue weighted by Crippen LogP contribution is 2.27. The van der Waals surface area contributed by atoms with Crippen LogP contribution >= 0.6 is 0 Å². The third-order valence-electron chi connectivity index (χ3n) is 3.96. The number of halogens is 1. The largest absolute Gasteiger partial charge is 0.369 e. The van der Waals surface area contributed by atoms with E-state index in [1.165, 1.54) is 6.07 Å². The van der Waals surface area contributed by atoms with Gasteiger partial charge in [0.2, 0.25) is 0 Å². The van der Waals surface area contributed by atoms with Crippen LogP contribution in [0.1, 0.15) is 50.4 Å². The summed E-state index contributed by atoms with van der Waals surface area (Å²) in [5.74, 6) is 0.306. The SMILES string of the molecule is CCCNc1ncc(F)cc1C(=O)N1CCCC1C(C)C. The minimum absolute atomic E-state index is 0.114. The molecule has 1 aromatic heterocycles. The van der Waals surface area contributed by atoms with E-state index in [9.17, 15) is 9.18 Å². The number of nitrogens with zero attached hydrogens (tertiary/aromatic N) is 2. The number of hydrogen-bond donors (Lipinski definition) is 1. The maximum absolute atomic E-state index is 13.5. The fraction of sp³-hybridized carbons (Fsp3) is 0.625. The second-order valence-corrected chi connectivity index (χ2v) is 5.93. The van der Waals surface area contributed by atoms with Crippen LogP contribution in [0.2, 0.25) is 0 Å². The van der Waals surface area contributed by atoms with Crippen molar-refractivity contribution in [3.05, 3.63) is 23.6 Å². The summed E-state index contributed by atoms with van der Waals surface area (Å²) in [6, 6.07) is 1.53. The van der Waals surface area contributed by atoms with Crippen LogP contribution in [0.3, 0.4) is 0 Å². The van der Waals surface area contributed by atoms with E-state index in [2.05, 4.69) is 24.1 Å². The van der Waals surface area contributed by atoms with Gasteiger partial charge in [0.15, 0.2) is 0 Å². The van der Waals surface area contributed by atoms with Crippen molar-refractivity contribution in [1.82, 2.24) is 9.88 Å². The van der Waals surface area contributed by atoms with Gasteiger partial charge in [0.25, 0.3) is 5.91 Å². The molecule has 1 aliphatic rings. The molecule has 1 fully saturated rings. The average molecular weight is 293 g/mol. The van der Waals surface area contributed by atoms with E-state index in [4.69, 9.17) is 0 Å². The summed E-state index contributed by atoms with van der Waals surface area (Å²) in [4.78, 5) is 18.7. The summed E-state index contributed by atoms with van der Waals surface area (Å²) in [7, 11) is 0. The van der Waals surface area contributed by atoms with Gasteiger partial charge in [-0.15, -0.1) is 0 Å². The molecule has 4 nitrogen and oxygen atoms in total. The van der Waals surface area contributed by atoms with Crippen LogP contribution in [-0.4, -0.2) is 34.9 Å². The molecular formula is C16H24FN3O. The van der Waals surface area contributed by atoms with Crippen LogP contribution in [0, 0.1) is 11.7 Å². The van der Waals surface area contributed by atoms with Crippen LogP contribution < -0.4 is 5.32 Å². The quantitative estimate of drug-likeness (QED) is 0.906. The fourth-order valence-electron chi connectivity index (χ4n) is 2.88. The normalized spacial score (nSPS) is 18.3. The summed E-state index contributed by atoms with van der Waals surface area (Å²) in [5.41, 5.74) is 0.344. The Bertz CT molecular complexity index is 504. The zero-order chi connectivity index (χ0) is 15.4. The Balaban J connectivity index is 2.27. The molecule has 0 spiro atoms. The van der Waals surface area contributed by atoms with Crippen molar-refractivity contribution in [2.75, 3.05) is 18.4 Å². The number of pyridine rings is 1. The molecule has 5 heteroatoms. The first-order valence-corrected chi connectivity index (χ1v) is 7.75. The second-order valence-electron chi connectivity index (χ2n) is 5.93. The fourth-order valence-corrected chi connectivity index (χ4v) is 2.88. The Kier molecular flexibility index (Phi) is 5.15. The van der Waals surface area contributed by atoms with E-state index in [0.29, 0.717) is 23.8 Å². The predicted octanol–water partition coefficient (Wildman–Crippen LogP) is 3.30. The lowest BCUT2D eigenvalue weighted by molar-refractivity contribution is 0.0701. The Hall–Kier alpha value is -1.65. The van der Waals surface area contributed by atoms with E-state index in [0.717, 1.165) is 32.0 Å². The van der Waals surface area contributed by atoms with Gasteiger partial charge in [-0.1, -0.05) is 20.8 Å². The van der Waals surface area contributed by atoms with Gasteiger partial charge < -0.3 is 10.2 Å². The van der Waals surface area contributed by atoms with Gasteiger partial charge in [-0.25, -0.2) is 9.37 Å². The highest BCUT2D eigenvalue weighted by Gasteiger charge is 2.32. The van der Waals surface area contributed by atoms with E-state index in [1.54, 1.807) is 0 Å². The smallest absolute Gasteiger partial charge is 0.257 e. The lowest BCUT2D eigenvalue weighted by atomic mass is 10.0. The molecule has 1 amide bonds. The molecule has 1 aliphatic heterocycles. The second kappa shape index (κ2) is 6.87. The van der Waals surface area contributed by atoms with Crippen LogP contribution in [0.5, 0.6) is 0 Å². The van der Waals surface area contributed by atoms with Crippen molar-refractivity contribution >= 4 is 11.7 Å². The van der Waals surface area contributed by atoms with Crippen molar-refractivity contribution in [1.29, 1.82) is 0 Å². The Morgan fingerprint density at radius 3 is 3.00 bits per heavy atom. The Labute approximate surface area is 125 Å². The number of carbonyl (C=O) groups is 1. The molecule has 1 N–H and O–H groups in total. The summed E-state index contributed by atoms with van der Waals surface area (Å²) < 4.78 is 13.5. The molecule has 0 aromatic carbocycles. The van der Waals surface area contributed by atoms with E-state index in [-0.39, 0.29) is 11.9 Å². The monoisotopic (exact) mass is 293 g/mol. The number of likely N-dealkylation sites (tertiary alicyclic amines) is 1. The first-order valence-electron chi connectivity index (χ1n) is 7.75. The molecule has 0 saturated carbocycles. The molecule has 116 valence electrons. The molecule has 0 radical (unpaired) electrons. The topological polar surface area (TPSA) is 45.2 Å². The van der Waals surface area contributed by atoms with Crippen molar-refractivity contribution in [3.63, 3.8) is 0 Å². The molecule has 0 aliphatic carbocycles. The van der Waals surface area contributed by atoms with E-state index < -0.39 is 5.82 Å². The highest BCUT2D eigenvalue weighted by molar-refractivity contribution is 5.99. The summed E-state index contributed by atoms with van der Waals surface area (Å²) >= 11 is 0. The van der Waals surface area contributed by atoms with Crippen molar-refractivity contribution < 1.29 is 9.18 Å². The van der Waals surface area contributed by atoms with Crippen molar-refractivity contribution in [2.45, 2.75) is 46.1 Å². The zero-order valence-corrected chi connectivity index (χ0v) is 13.0. The number of carbonyl (C=O) groups excluding carboxylic acids is 1. The maximum Gasteiger partial charge on any atom is 0.257 e. The lowest BCUT2D eigenvalue weighted by Gasteiger charge is -2.28. The zero-order valence-electron chi connectivity index (χ0n) is 13.0. The molecule has 1 aromatic rings. The van der Waals surface area contributed by atoms with E-state index >= 15 is 0 Å². The molecule has 1 saturated heterocycles. The summed E-state index contributed by atoms with van der Waals surface area (Å²) in [6.45, 7) is 7.73. The van der Waals surface area contributed by atoms with E-state index in [1.807, 2.05) is 11.8 Å². The lowest BCUT2D eigenvalue weighted by Crippen LogP contribution is -2.39. The van der Waals surface area contributed by atoms with Crippen molar-refractivity contribution in [2.24, 2.45) is 5.92 Å². The number of aromatic nitrogens is 1. The average Bonchev–Trinajstić information content (AvgIpc) is 2.94. The Morgan fingerprint density at radius 1 is 1.57 bits per heavy atom. The molecule has 2 heterocycles. The van der Waals surface area contributed by atoms with Crippen LogP contribution in [0.15, 0.2) is 12.3 Å².